The fraction of sp³-hybridized carbons (Fsp3) is 0.214. The van der Waals surface area contributed by atoms with Gasteiger partial charge in [-0.1, -0.05) is 17.8 Å². The van der Waals surface area contributed by atoms with Gasteiger partial charge in [-0.15, -0.1) is 0 Å². The van der Waals surface area contributed by atoms with Crippen molar-refractivity contribution in [3.8, 4) is 0 Å². The van der Waals surface area contributed by atoms with Crippen molar-refractivity contribution >= 4 is 35.0 Å². The van der Waals surface area contributed by atoms with Gasteiger partial charge in [0.1, 0.15) is 17.5 Å². The lowest BCUT2D eigenvalue weighted by molar-refractivity contribution is -0.115. The number of aryl methyl sites for hydroxylation is 1. The van der Waals surface area contributed by atoms with E-state index in [1.54, 1.807) is 26.0 Å². The Morgan fingerprint density at radius 2 is 1.91 bits per heavy atom. The van der Waals surface area contributed by atoms with Crippen LogP contribution in [0.1, 0.15) is 12.5 Å². The molecule has 2 rings (SSSR count). The fourth-order valence-corrected chi connectivity index (χ4v) is 2.44. The van der Waals surface area contributed by atoms with E-state index in [9.17, 15) is 9.18 Å². The zero-order valence-electron chi connectivity index (χ0n) is 12.1. The summed E-state index contributed by atoms with van der Waals surface area (Å²) < 4.78 is 13.5. The number of nitrogens with zero attached hydrogens (tertiary/aromatic N) is 2. The van der Waals surface area contributed by atoms with E-state index in [1.807, 2.05) is 0 Å². The second-order valence-electron chi connectivity index (χ2n) is 4.71. The van der Waals surface area contributed by atoms with E-state index in [0.29, 0.717) is 16.4 Å². The minimum Gasteiger partial charge on any atom is -0.383 e. The first-order valence-electron chi connectivity index (χ1n) is 6.49. The highest BCUT2D eigenvalue weighted by atomic mass is 32.2. The molecule has 1 aromatic heterocycles. The van der Waals surface area contributed by atoms with Gasteiger partial charge in [0, 0.05) is 11.8 Å². The first-order chi connectivity index (χ1) is 10.3. The smallest absolute Gasteiger partial charge is 0.237 e. The monoisotopic (exact) mass is 321 g/mol. The average molecular weight is 321 g/mol. The number of hydrogen-bond donors (Lipinski definition) is 3. The van der Waals surface area contributed by atoms with Crippen molar-refractivity contribution in [3.05, 3.63) is 35.6 Å². The highest BCUT2D eigenvalue weighted by Gasteiger charge is 2.17. The fourth-order valence-electron chi connectivity index (χ4n) is 1.64. The summed E-state index contributed by atoms with van der Waals surface area (Å²) in [6.45, 7) is 3.34. The zero-order valence-corrected chi connectivity index (χ0v) is 12.9. The molecule has 1 heterocycles. The molecule has 0 aliphatic rings. The molecule has 0 unspecified atom stereocenters. The summed E-state index contributed by atoms with van der Waals surface area (Å²) in [5.41, 5.74) is 12.1. The van der Waals surface area contributed by atoms with Crippen LogP contribution < -0.4 is 16.8 Å². The number of nitrogen functional groups attached to an aromatic ring is 2. The molecule has 0 bridgehead atoms. The molecular formula is C14H16FN5OS. The number of amides is 1. The average Bonchev–Trinajstić information content (AvgIpc) is 2.41. The molecule has 0 radical (unpaired) electrons. The normalized spacial score (nSPS) is 12.0. The summed E-state index contributed by atoms with van der Waals surface area (Å²) in [6, 6.07) is 5.96. The number of carbonyl (C=O) groups excluding carboxylic acids is 1. The number of nitrogens with two attached hydrogens (primary N) is 2. The van der Waals surface area contributed by atoms with Crippen molar-refractivity contribution in [3.63, 3.8) is 0 Å². The molecule has 1 atom stereocenters. The van der Waals surface area contributed by atoms with Crippen molar-refractivity contribution < 1.29 is 9.18 Å². The Bertz CT molecular complexity index is 689. The zero-order chi connectivity index (χ0) is 16.3. The van der Waals surface area contributed by atoms with E-state index in [1.165, 1.54) is 12.1 Å². The minimum absolute atomic E-state index is 0.239. The molecule has 0 saturated carbocycles. The van der Waals surface area contributed by atoms with Gasteiger partial charge < -0.3 is 16.8 Å². The molecule has 0 fully saturated rings. The van der Waals surface area contributed by atoms with Crippen molar-refractivity contribution in [2.75, 3.05) is 16.8 Å². The standard InChI is InChI=1S/C14H16FN5OS/c1-7-3-4-9(5-10(7)15)18-13(21)8(2)22-14-19-11(16)6-12(17)20-14/h3-6,8H,1-2H3,(H,18,21)(H4,16,17,19,20)/t8-/m0/s1. The van der Waals surface area contributed by atoms with Crippen LogP contribution >= 0.6 is 11.8 Å². The summed E-state index contributed by atoms with van der Waals surface area (Å²) >= 11 is 1.12. The lowest BCUT2D eigenvalue weighted by atomic mass is 10.2. The largest absolute Gasteiger partial charge is 0.383 e. The van der Waals surface area contributed by atoms with Crippen molar-refractivity contribution in [1.29, 1.82) is 0 Å². The predicted molar refractivity (Wildman–Crippen MR) is 85.9 cm³/mol. The Hall–Kier alpha value is -2.35. The maximum Gasteiger partial charge on any atom is 0.237 e. The molecule has 0 aliphatic carbocycles. The Labute approximate surface area is 131 Å². The van der Waals surface area contributed by atoms with Gasteiger partial charge >= 0.3 is 0 Å². The maximum absolute atomic E-state index is 13.5. The molecule has 116 valence electrons. The van der Waals surface area contributed by atoms with Crippen LogP contribution in [0.2, 0.25) is 0 Å². The highest BCUT2D eigenvalue weighted by molar-refractivity contribution is 8.00. The molecule has 1 aromatic carbocycles. The lowest BCUT2D eigenvalue weighted by Gasteiger charge is -2.12. The number of aromatic nitrogens is 2. The Kier molecular flexibility index (Phi) is 4.81. The Balaban J connectivity index is 2.04. The van der Waals surface area contributed by atoms with Gasteiger partial charge in [-0.3, -0.25) is 4.79 Å². The van der Waals surface area contributed by atoms with Crippen LogP contribution in [-0.2, 0) is 4.79 Å². The van der Waals surface area contributed by atoms with Crippen molar-refractivity contribution in [1.82, 2.24) is 9.97 Å². The molecule has 1 amide bonds. The molecule has 8 heteroatoms. The third-order valence-corrected chi connectivity index (χ3v) is 3.80. The number of nitrogens with one attached hydrogen (secondary N) is 1. The molecule has 0 aliphatic heterocycles. The Morgan fingerprint density at radius 3 is 2.50 bits per heavy atom. The third kappa shape index (κ3) is 4.08. The SMILES string of the molecule is Cc1ccc(NC(=O)[C@H](C)Sc2nc(N)cc(N)n2)cc1F. The van der Waals surface area contributed by atoms with Gasteiger partial charge in [0.25, 0.3) is 0 Å². The Morgan fingerprint density at radius 1 is 1.27 bits per heavy atom. The van der Waals surface area contributed by atoms with Gasteiger partial charge in [-0.05, 0) is 31.5 Å². The van der Waals surface area contributed by atoms with E-state index < -0.39 is 5.25 Å². The lowest BCUT2D eigenvalue weighted by Crippen LogP contribution is -2.22. The van der Waals surface area contributed by atoms with Crippen molar-refractivity contribution in [2.24, 2.45) is 0 Å². The van der Waals surface area contributed by atoms with Gasteiger partial charge in [0.15, 0.2) is 5.16 Å². The number of benzene rings is 1. The van der Waals surface area contributed by atoms with E-state index in [2.05, 4.69) is 15.3 Å². The van der Waals surface area contributed by atoms with E-state index >= 15 is 0 Å². The first-order valence-corrected chi connectivity index (χ1v) is 7.37. The van der Waals surface area contributed by atoms with Gasteiger partial charge in [-0.25, -0.2) is 14.4 Å². The number of rotatable bonds is 4. The van der Waals surface area contributed by atoms with Gasteiger partial charge in [-0.2, -0.15) is 0 Å². The van der Waals surface area contributed by atoms with Crippen LogP contribution in [0.4, 0.5) is 21.7 Å². The van der Waals surface area contributed by atoms with Crippen LogP contribution in [-0.4, -0.2) is 21.1 Å². The van der Waals surface area contributed by atoms with Crippen molar-refractivity contribution in [2.45, 2.75) is 24.3 Å². The van der Waals surface area contributed by atoms with Gasteiger partial charge in [0.05, 0.1) is 5.25 Å². The second kappa shape index (κ2) is 6.61. The van der Waals surface area contributed by atoms with Crippen LogP contribution in [0.5, 0.6) is 0 Å². The van der Waals surface area contributed by atoms with Gasteiger partial charge in [0.2, 0.25) is 5.91 Å². The molecule has 22 heavy (non-hydrogen) atoms. The maximum atomic E-state index is 13.5. The molecule has 0 spiro atoms. The summed E-state index contributed by atoms with van der Waals surface area (Å²) in [4.78, 5) is 20.1. The van der Waals surface area contributed by atoms with Crippen LogP contribution in [0.25, 0.3) is 0 Å². The van der Waals surface area contributed by atoms with Crippen LogP contribution in [0.3, 0.4) is 0 Å². The van der Waals surface area contributed by atoms with Crippen LogP contribution in [0.15, 0.2) is 29.4 Å². The number of carbonyl (C=O) groups is 1. The topological polar surface area (TPSA) is 107 Å². The summed E-state index contributed by atoms with van der Waals surface area (Å²) in [6.07, 6.45) is 0. The first kappa shape index (κ1) is 16.0. The minimum atomic E-state index is -0.495. The van der Waals surface area contributed by atoms with Crippen LogP contribution in [0, 0.1) is 12.7 Å². The summed E-state index contributed by atoms with van der Waals surface area (Å²) in [5, 5.41) is 2.46. The van der Waals surface area contributed by atoms with E-state index in [4.69, 9.17) is 11.5 Å². The molecule has 6 nitrogen and oxygen atoms in total. The number of thioether (sulfide) groups is 1. The summed E-state index contributed by atoms with van der Waals surface area (Å²) in [7, 11) is 0. The van der Waals surface area contributed by atoms with E-state index in [0.717, 1.165) is 11.8 Å². The number of hydrogen-bond acceptors (Lipinski definition) is 6. The molecular weight excluding hydrogens is 305 g/mol. The molecule has 5 N–H and O–H groups in total. The summed E-state index contributed by atoms with van der Waals surface area (Å²) in [5.74, 6) is -0.186. The number of anilines is 3. The number of halogens is 1. The quantitative estimate of drug-likeness (QED) is 0.589. The highest BCUT2D eigenvalue weighted by Crippen LogP contribution is 2.23. The van der Waals surface area contributed by atoms with E-state index in [-0.39, 0.29) is 23.4 Å². The third-order valence-electron chi connectivity index (χ3n) is 2.84. The molecule has 0 saturated heterocycles. The second-order valence-corrected chi connectivity index (χ2v) is 6.02. The molecule has 2 aromatic rings. The predicted octanol–water partition coefficient (Wildman–Crippen LogP) is 2.21.